The fourth-order valence-corrected chi connectivity index (χ4v) is 4.10. The number of hydrogen-bond acceptors (Lipinski definition) is 1. The van der Waals surface area contributed by atoms with E-state index in [1.165, 1.54) is 16.7 Å². The van der Waals surface area contributed by atoms with Gasteiger partial charge in [0.05, 0.1) is 11.6 Å². The quantitative estimate of drug-likeness (QED) is 0.252. The van der Waals surface area contributed by atoms with Crippen LogP contribution in [-0.2, 0) is 19.3 Å². The van der Waals surface area contributed by atoms with Gasteiger partial charge in [0.1, 0.15) is 5.82 Å². The molecule has 0 aliphatic heterocycles. The molecule has 0 N–H and O–H groups in total. The van der Waals surface area contributed by atoms with E-state index in [9.17, 15) is 4.39 Å². The monoisotopic (exact) mass is 445 g/mol. The Balaban J connectivity index is 1.32. The topological polar surface area (TPSA) is 23.8 Å². The van der Waals surface area contributed by atoms with Gasteiger partial charge >= 0.3 is 0 Å². The van der Waals surface area contributed by atoms with Crippen LogP contribution in [0.25, 0.3) is 12.2 Å². The van der Waals surface area contributed by atoms with E-state index in [0.29, 0.717) is 17.0 Å². The van der Waals surface area contributed by atoms with Gasteiger partial charge in [0, 0.05) is 5.56 Å². The van der Waals surface area contributed by atoms with Gasteiger partial charge in [0.2, 0.25) is 0 Å². The number of aryl methyl sites for hydroxylation is 2. The van der Waals surface area contributed by atoms with E-state index < -0.39 is 0 Å². The zero-order valence-corrected chi connectivity index (χ0v) is 19.4. The summed E-state index contributed by atoms with van der Waals surface area (Å²) in [6, 6.07) is 34.2. The van der Waals surface area contributed by atoms with Gasteiger partial charge in [-0.2, -0.15) is 5.26 Å². The minimum Gasteiger partial charge on any atom is -0.206 e. The number of halogens is 1. The van der Waals surface area contributed by atoms with Crippen LogP contribution in [0.1, 0.15) is 51.8 Å². The maximum atomic E-state index is 14.6. The van der Waals surface area contributed by atoms with Crippen LogP contribution >= 0.6 is 0 Å². The normalized spacial score (nSPS) is 11.9. The molecular formula is C32H28FN. The second-order valence-electron chi connectivity index (χ2n) is 8.76. The standard InChI is InChI=1S/C32H28FN/c1-24(30-5-3-2-4-6-30)21-27-12-7-25(8-13-27)9-14-28-18-20-31(32(33)22-28)19-17-26-10-15-29(23-34)16-11-26/h2-8,10-13,15-20,22,24H,9,14,21H2,1H3/t24-/m1/s1. The highest BCUT2D eigenvalue weighted by molar-refractivity contribution is 5.70. The average molecular weight is 446 g/mol. The minimum absolute atomic E-state index is 0.215. The van der Waals surface area contributed by atoms with Crippen molar-refractivity contribution in [2.45, 2.75) is 32.1 Å². The molecule has 0 radical (unpaired) electrons. The third kappa shape index (κ3) is 6.30. The molecule has 0 fully saturated rings. The largest absolute Gasteiger partial charge is 0.206 e. The van der Waals surface area contributed by atoms with Crippen molar-refractivity contribution >= 4 is 12.2 Å². The summed E-state index contributed by atoms with van der Waals surface area (Å²) in [5.74, 6) is 0.271. The maximum Gasteiger partial charge on any atom is 0.130 e. The van der Waals surface area contributed by atoms with Crippen LogP contribution in [0.15, 0.2) is 97.1 Å². The summed E-state index contributed by atoms with van der Waals surface area (Å²) in [6.45, 7) is 2.26. The lowest BCUT2D eigenvalue weighted by atomic mass is 9.93. The van der Waals surface area contributed by atoms with Gasteiger partial charge in [-0.1, -0.05) is 97.9 Å². The molecule has 0 bridgehead atoms. The van der Waals surface area contributed by atoms with Crippen LogP contribution in [-0.4, -0.2) is 0 Å². The molecule has 1 atom stereocenters. The lowest BCUT2D eigenvalue weighted by Gasteiger charge is -2.12. The van der Waals surface area contributed by atoms with E-state index in [-0.39, 0.29) is 5.82 Å². The van der Waals surface area contributed by atoms with E-state index in [1.807, 2.05) is 30.3 Å². The molecule has 0 unspecified atom stereocenters. The summed E-state index contributed by atoms with van der Waals surface area (Å²) >= 11 is 0. The predicted octanol–water partition coefficient (Wildman–Crippen LogP) is 8.00. The highest BCUT2D eigenvalue weighted by Crippen LogP contribution is 2.21. The van der Waals surface area contributed by atoms with Crippen molar-refractivity contribution in [1.82, 2.24) is 0 Å². The van der Waals surface area contributed by atoms with Gasteiger partial charge in [0.25, 0.3) is 0 Å². The summed E-state index contributed by atoms with van der Waals surface area (Å²) < 4.78 is 14.6. The fraction of sp³-hybridized carbons (Fsp3) is 0.156. The SMILES string of the molecule is C[C@H](Cc1ccc(CCc2ccc(C=Cc3ccc(C#N)cc3)c(F)c2)cc1)c1ccccc1. The van der Waals surface area contributed by atoms with E-state index in [0.717, 1.165) is 30.4 Å². The Morgan fingerprint density at radius 3 is 2.09 bits per heavy atom. The minimum atomic E-state index is -0.215. The first-order chi connectivity index (χ1) is 16.6. The van der Waals surface area contributed by atoms with Crippen molar-refractivity contribution in [2.24, 2.45) is 0 Å². The second kappa shape index (κ2) is 11.3. The van der Waals surface area contributed by atoms with Crippen molar-refractivity contribution in [2.75, 3.05) is 0 Å². The number of rotatable bonds is 8. The molecule has 4 aromatic carbocycles. The maximum absolute atomic E-state index is 14.6. The summed E-state index contributed by atoms with van der Waals surface area (Å²) in [6.07, 6.45) is 6.34. The summed E-state index contributed by atoms with van der Waals surface area (Å²) in [7, 11) is 0. The highest BCUT2D eigenvalue weighted by Gasteiger charge is 2.07. The lowest BCUT2D eigenvalue weighted by molar-refractivity contribution is 0.622. The lowest BCUT2D eigenvalue weighted by Crippen LogP contribution is -1.99. The Hall–Kier alpha value is -3.96. The van der Waals surface area contributed by atoms with Crippen molar-refractivity contribution in [3.63, 3.8) is 0 Å². The zero-order chi connectivity index (χ0) is 23.8. The Morgan fingerprint density at radius 1 is 0.765 bits per heavy atom. The molecule has 4 rings (SSSR count). The van der Waals surface area contributed by atoms with Gasteiger partial charge in [-0.05, 0) is 71.2 Å². The summed E-state index contributed by atoms with van der Waals surface area (Å²) in [5, 5.41) is 8.88. The van der Waals surface area contributed by atoms with E-state index >= 15 is 0 Å². The molecule has 168 valence electrons. The molecule has 0 aliphatic carbocycles. The third-order valence-electron chi connectivity index (χ3n) is 6.20. The molecule has 0 saturated heterocycles. The van der Waals surface area contributed by atoms with E-state index in [2.05, 4.69) is 67.6 Å². The predicted molar refractivity (Wildman–Crippen MR) is 139 cm³/mol. The Kier molecular flexibility index (Phi) is 7.68. The van der Waals surface area contributed by atoms with Gasteiger partial charge in [0.15, 0.2) is 0 Å². The van der Waals surface area contributed by atoms with Crippen LogP contribution in [0, 0.1) is 17.1 Å². The Labute approximate surface area is 201 Å². The van der Waals surface area contributed by atoms with Crippen LogP contribution in [0.5, 0.6) is 0 Å². The molecule has 4 aromatic rings. The summed E-state index contributed by atoms with van der Waals surface area (Å²) in [4.78, 5) is 0. The van der Waals surface area contributed by atoms with Gasteiger partial charge in [-0.25, -0.2) is 4.39 Å². The van der Waals surface area contributed by atoms with E-state index in [4.69, 9.17) is 5.26 Å². The van der Waals surface area contributed by atoms with Crippen LogP contribution in [0.2, 0.25) is 0 Å². The number of benzene rings is 4. The Bertz CT molecular complexity index is 1280. The smallest absolute Gasteiger partial charge is 0.130 e. The molecule has 2 heteroatoms. The first-order valence-corrected chi connectivity index (χ1v) is 11.7. The number of hydrogen-bond donors (Lipinski definition) is 0. The van der Waals surface area contributed by atoms with Crippen molar-refractivity contribution < 1.29 is 4.39 Å². The van der Waals surface area contributed by atoms with Gasteiger partial charge in [-0.3, -0.25) is 0 Å². The molecule has 34 heavy (non-hydrogen) atoms. The molecule has 0 saturated carbocycles. The zero-order valence-electron chi connectivity index (χ0n) is 19.4. The highest BCUT2D eigenvalue weighted by atomic mass is 19.1. The van der Waals surface area contributed by atoms with Crippen LogP contribution in [0.4, 0.5) is 4.39 Å². The second-order valence-corrected chi connectivity index (χ2v) is 8.76. The number of nitrogens with zero attached hydrogens (tertiary/aromatic N) is 1. The first kappa shape index (κ1) is 23.2. The van der Waals surface area contributed by atoms with Crippen molar-refractivity contribution in [3.05, 3.63) is 142 Å². The van der Waals surface area contributed by atoms with Crippen molar-refractivity contribution in [1.29, 1.82) is 5.26 Å². The van der Waals surface area contributed by atoms with Gasteiger partial charge < -0.3 is 0 Å². The molecule has 0 aliphatic rings. The molecule has 1 nitrogen and oxygen atoms in total. The third-order valence-corrected chi connectivity index (χ3v) is 6.20. The molecule has 0 spiro atoms. The van der Waals surface area contributed by atoms with Crippen molar-refractivity contribution in [3.8, 4) is 6.07 Å². The Morgan fingerprint density at radius 2 is 1.41 bits per heavy atom. The van der Waals surface area contributed by atoms with Crippen LogP contribution < -0.4 is 0 Å². The molecule has 0 heterocycles. The first-order valence-electron chi connectivity index (χ1n) is 11.7. The average Bonchev–Trinajstić information content (AvgIpc) is 2.88. The molecule has 0 aromatic heterocycles. The molecule has 0 amide bonds. The van der Waals surface area contributed by atoms with Crippen LogP contribution in [0.3, 0.4) is 0 Å². The van der Waals surface area contributed by atoms with E-state index in [1.54, 1.807) is 24.3 Å². The number of nitriles is 1. The fourth-order valence-electron chi connectivity index (χ4n) is 4.10. The van der Waals surface area contributed by atoms with Gasteiger partial charge in [-0.15, -0.1) is 0 Å². The molecular weight excluding hydrogens is 417 g/mol. The summed E-state index contributed by atoms with van der Waals surface area (Å²) in [5.41, 5.74) is 7.07.